The first-order valence-electron chi connectivity index (χ1n) is 6.93. The van der Waals surface area contributed by atoms with Gasteiger partial charge in [0, 0.05) is 16.8 Å². The van der Waals surface area contributed by atoms with Crippen LogP contribution in [-0.4, -0.2) is 10.9 Å². The van der Waals surface area contributed by atoms with Crippen LogP contribution < -0.4 is 5.32 Å². The topological polar surface area (TPSA) is 55.1 Å². The first-order valence-corrected chi connectivity index (χ1v) is 6.93. The van der Waals surface area contributed by atoms with E-state index in [-0.39, 0.29) is 11.6 Å². The third-order valence-corrected chi connectivity index (χ3v) is 3.22. The van der Waals surface area contributed by atoms with Crippen molar-refractivity contribution in [1.29, 1.82) is 0 Å². The lowest BCUT2D eigenvalue weighted by molar-refractivity contribution is -0.157. The zero-order valence-corrected chi connectivity index (χ0v) is 12.2. The Labute approximate surface area is 134 Å². The molecule has 1 N–H and O–H groups in total. The molecule has 122 valence electrons. The fourth-order valence-electron chi connectivity index (χ4n) is 2.05. The summed E-state index contributed by atoms with van der Waals surface area (Å²) in [7, 11) is 0. The van der Waals surface area contributed by atoms with Crippen molar-refractivity contribution in [1.82, 2.24) is 4.98 Å². The van der Waals surface area contributed by atoms with Gasteiger partial charge in [0.25, 0.3) is 5.91 Å². The number of benzene rings is 2. The van der Waals surface area contributed by atoms with E-state index >= 15 is 0 Å². The first-order chi connectivity index (χ1) is 11.4. The molecule has 0 radical (unpaired) electrons. The first kappa shape index (κ1) is 15.8. The minimum absolute atomic E-state index is 0.0531. The van der Waals surface area contributed by atoms with E-state index in [1.165, 1.54) is 24.3 Å². The molecular formula is C17H11F3N2O2. The van der Waals surface area contributed by atoms with Crippen molar-refractivity contribution in [2.45, 2.75) is 6.18 Å². The summed E-state index contributed by atoms with van der Waals surface area (Å²) in [4.78, 5) is 15.5. The Balaban J connectivity index is 1.76. The zero-order valence-electron chi connectivity index (χ0n) is 12.2. The highest BCUT2D eigenvalue weighted by Gasteiger charge is 2.37. The van der Waals surface area contributed by atoms with E-state index in [1.807, 2.05) is 6.07 Å². The molecule has 1 aromatic heterocycles. The molecule has 2 aromatic carbocycles. The van der Waals surface area contributed by atoms with Gasteiger partial charge < -0.3 is 9.73 Å². The fraction of sp³-hybridized carbons (Fsp3) is 0.0588. The van der Waals surface area contributed by atoms with Gasteiger partial charge >= 0.3 is 12.1 Å². The van der Waals surface area contributed by atoms with Crippen LogP contribution in [-0.2, 0) is 6.18 Å². The van der Waals surface area contributed by atoms with Crippen molar-refractivity contribution in [2.24, 2.45) is 0 Å². The quantitative estimate of drug-likeness (QED) is 0.762. The summed E-state index contributed by atoms with van der Waals surface area (Å²) in [6, 6.07) is 15.0. The molecule has 24 heavy (non-hydrogen) atoms. The summed E-state index contributed by atoms with van der Waals surface area (Å²) in [5.41, 5.74) is 1.50. The second-order valence-corrected chi connectivity index (χ2v) is 4.93. The van der Waals surface area contributed by atoms with Gasteiger partial charge in [-0.25, -0.2) is 4.98 Å². The van der Waals surface area contributed by atoms with Gasteiger partial charge in [-0.2, -0.15) is 13.2 Å². The lowest BCUT2D eigenvalue weighted by Gasteiger charge is -2.05. The number of carbonyl (C=O) groups is 1. The van der Waals surface area contributed by atoms with Crippen LogP contribution in [0.1, 0.15) is 16.2 Å². The Bertz CT molecular complexity index is 840. The van der Waals surface area contributed by atoms with E-state index in [0.717, 1.165) is 6.26 Å². The molecule has 1 heterocycles. The van der Waals surface area contributed by atoms with Gasteiger partial charge in [-0.15, -0.1) is 0 Å². The largest absolute Gasteiger partial charge is 0.468 e. The standard InChI is InChI=1S/C17H11F3N2O2/c18-17(19,20)16-22-14(10-24-16)11-6-8-12(9-7-11)15(23)21-13-4-2-1-3-5-13/h1-10H,(H,21,23). The van der Waals surface area contributed by atoms with E-state index in [9.17, 15) is 18.0 Å². The number of rotatable bonds is 3. The molecule has 0 fully saturated rings. The number of alkyl halides is 3. The second-order valence-electron chi connectivity index (χ2n) is 4.93. The van der Waals surface area contributed by atoms with Crippen LogP contribution in [0.25, 0.3) is 11.3 Å². The summed E-state index contributed by atoms with van der Waals surface area (Å²) in [6.45, 7) is 0. The average molecular weight is 332 g/mol. The normalized spacial score (nSPS) is 11.3. The van der Waals surface area contributed by atoms with E-state index in [4.69, 9.17) is 0 Å². The smallest absolute Gasteiger partial charge is 0.441 e. The highest BCUT2D eigenvalue weighted by Crippen LogP contribution is 2.30. The van der Waals surface area contributed by atoms with Gasteiger partial charge in [-0.1, -0.05) is 30.3 Å². The van der Waals surface area contributed by atoms with Gasteiger partial charge in [0.15, 0.2) is 0 Å². The molecule has 0 saturated heterocycles. The molecule has 7 heteroatoms. The van der Waals surface area contributed by atoms with E-state index in [2.05, 4.69) is 14.7 Å². The Hall–Kier alpha value is -3.09. The van der Waals surface area contributed by atoms with Gasteiger partial charge in [-0.3, -0.25) is 4.79 Å². The number of nitrogens with zero attached hydrogens (tertiary/aromatic N) is 1. The summed E-state index contributed by atoms with van der Waals surface area (Å²) in [6.07, 6.45) is -3.70. The second kappa shape index (κ2) is 6.19. The lowest BCUT2D eigenvalue weighted by Crippen LogP contribution is -2.11. The summed E-state index contributed by atoms with van der Waals surface area (Å²) < 4.78 is 41.9. The van der Waals surface area contributed by atoms with Gasteiger partial charge in [-0.05, 0) is 24.3 Å². The number of amides is 1. The maximum atomic E-state index is 12.5. The van der Waals surface area contributed by atoms with Gasteiger partial charge in [0.1, 0.15) is 12.0 Å². The highest BCUT2D eigenvalue weighted by atomic mass is 19.4. The Kier molecular flexibility index (Phi) is 4.07. The van der Waals surface area contributed by atoms with Crippen LogP contribution in [0.3, 0.4) is 0 Å². The SMILES string of the molecule is O=C(Nc1ccccc1)c1ccc(-c2coc(C(F)(F)F)n2)cc1. The number of hydrogen-bond donors (Lipinski definition) is 1. The number of hydrogen-bond acceptors (Lipinski definition) is 3. The Morgan fingerprint density at radius 1 is 1.00 bits per heavy atom. The van der Waals surface area contributed by atoms with Gasteiger partial charge in [0.05, 0.1) is 0 Å². The molecule has 1 amide bonds. The van der Waals surface area contributed by atoms with Crippen LogP contribution in [0.2, 0.25) is 0 Å². The third kappa shape index (κ3) is 3.45. The number of halogens is 3. The van der Waals surface area contributed by atoms with E-state index < -0.39 is 12.1 Å². The molecular weight excluding hydrogens is 321 g/mol. The van der Waals surface area contributed by atoms with E-state index in [0.29, 0.717) is 16.8 Å². The van der Waals surface area contributed by atoms with Crippen molar-refractivity contribution in [2.75, 3.05) is 5.32 Å². The minimum atomic E-state index is -4.63. The molecule has 4 nitrogen and oxygen atoms in total. The molecule has 0 unspecified atom stereocenters. The molecule has 0 spiro atoms. The number of anilines is 1. The van der Waals surface area contributed by atoms with Crippen LogP contribution in [0.15, 0.2) is 65.3 Å². The highest BCUT2D eigenvalue weighted by molar-refractivity contribution is 6.04. The fourth-order valence-corrected chi connectivity index (χ4v) is 2.05. The number of oxazole rings is 1. The number of para-hydroxylation sites is 1. The van der Waals surface area contributed by atoms with Crippen LogP contribution in [0, 0.1) is 0 Å². The monoisotopic (exact) mass is 332 g/mol. The van der Waals surface area contributed by atoms with Crippen molar-refractivity contribution in [3.05, 3.63) is 72.3 Å². The number of aromatic nitrogens is 1. The van der Waals surface area contributed by atoms with Crippen molar-refractivity contribution in [3.8, 4) is 11.3 Å². The molecule has 0 saturated carbocycles. The molecule has 0 aliphatic rings. The zero-order chi connectivity index (χ0) is 17.2. The maximum absolute atomic E-state index is 12.5. The third-order valence-electron chi connectivity index (χ3n) is 3.22. The van der Waals surface area contributed by atoms with E-state index in [1.54, 1.807) is 24.3 Å². The summed E-state index contributed by atoms with van der Waals surface area (Å²) in [5.74, 6) is -1.62. The van der Waals surface area contributed by atoms with Crippen LogP contribution in [0.4, 0.5) is 18.9 Å². The number of carbonyl (C=O) groups excluding carboxylic acids is 1. The van der Waals surface area contributed by atoms with Crippen molar-refractivity contribution < 1.29 is 22.4 Å². The molecule has 0 bridgehead atoms. The predicted octanol–water partition coefficient (Wildman–Crippen LogP) is 4.61. The maximum Gasteiger partial charge on any atom is 0.468 e. The van der Waals surface area contributed by atoms with Crippen molar-refractivity contribution >= 4 is 11.6 Å². The predicted molar refractivity (Wildman–Crippen MR) is 81.3 cm³/mol. The lowest BCUT2D eigenvalue weighted by atomic mass is 10.1. The van der Waals surface area contributed by atoms with Crippen LogP contribution in [0.5, 0.6) is 0 Å². The van der Waals surface area contributed by atoms with Crippen molar-refractivity contribution in [3.63, 3.8) is 0 Å². The molecule has 0 atom stereocenters. The number of nitrogens with one attached hydrogen (secondary N) is 1. The Morgan fingerprint density at radius 2 is 1.67 bits per heavy atom. The molecule has 0 aliphatic heterocycles. The molecule has 0 aliphatic carbocycles. The summed E-state index contributed by atoms with van der Waals surface area (Å²) >= 11 is 0. The van der Waals surface area contributed by atoms with Gasteiger partial charge in [0.2, 0.25) is 0 Å². The summed E-state index contributed by atoms with van der Waals surface area (Å²) in [5, 5.41) is 2.72. The Morgan fingerprint density at radius 3 is 2.25 bits per heavy atom. The molecule has 3 rings (SSSR count). The minimum Gasteiger partial charge on any atom is -0.441 e. The molecule has 3 aromatic rings. The average Bonchev–Trinajstić information content (AvgIpc) is 3.06. The van der Waals surface area contributed by atoms with Crippen LogP contribution >= 0.6 is 0 Å².